The highest BCUT2D eigenvalue weighted by molar-refractivity contribution is 5.10. The number of hydrogen-bond acceptors (Lipinski definition) is 2. The largest absolute Gasteiger partial charge is 0.416 e. The maximum Gasteiger partial charge on any atom is 0.416 e. The van der Waals surface area contributed by atoms with Crippen molar-refractivity contribution in [1.82, 2.24) is 0 Å². The average molecular weight is 261 g/mol. The molecule has 2 aliphatic rings. The summed E-state index contributed by atoms with van der Waals surface area (Å²) >= 11 is 0. The summed E-state index contributed by atoms with van der Waals surface area (Å²) in [6, 6.07) is 0. The van der Waals surface area contributed by atoms with Gasteiger partial charge in [-0.1, -0.05) is 23.7 Å². The van der Waals surface area contributed by atoms with E-state index in [0.717, 1.165) is 26.2 Å². The predicted octanol–water partition coefficient (Wildman–Crippen LogP) is 4.46. The standard InChI is InChI=1S/C13H18F3NO/c1-12(17-18,13(14,15)16)6-2-3-10-7-9-4-5-11(10)8-9/h4-5,9-11H,2-3,6-8H2,1H3. The van der Waals surface area contributed by atoms with Crippen LogP contribution in [0.5, 0.6) is 0 Å². The first-order valence-corrected chi connectivity index (χ1v) is 6.45. The van der Waals surface area contributed by atoms with Crippen molar-refractivity contribution in [1.29, 1.82) is 0 Å². The molecule has 0 spiro atoms. The molecule has 102 valence electrons. The third-order valence-electron chi connectivity index (χ3n) is 4.47. The zero-order valence-electron chi connectivity index (χ0n) is 10.4. The van der Waals surface area contributed by atoms with Crippen LogP contribution in [-0.2, 0) is 0 Å². The van der Waals surface area contributed by atoms with Gasteiger partial charge < -0.3 is 0 Å². The van der Waals surface area contributed by atoms with Crippen LogP contribution >= 0.6 is 0 Å². The van der Waals surface area contributed by atoms with Gasteiger partial charge in [0, 0.05) is 0 Å². The van der Waals surface area contributed by atoms with Crippen LogP contribution in [0.3, 0.4) is 0 Å². The van der Waals surface area contributed by atoms with Crippen molar-refractivity contribution in [2.75, 3.05) is 0 Å². The van der Waals surface area contributed by atoms with Crippen LogP contribution in [0.1, 0.15) is 39.0 Å². The topological polar surface area (TPSA) is 29.4 Å². The van der Waals surface area contributed by atoms with Gasteiger partial charge in [-0.25, -0.2) is 0 Å². The van der Waals surface area contributed by atoms with Crippen LogP contribution < -0.4 is 0 Å². The molecule has 0 radical (unpaired) electrons. The Hall–Kier alpha value is -0.870. The number of allylic oxidation sites excluding steroid dienone is 2. The number of rotatable bonds is 5. The van der Waals surface area contributed by atoms with Gasteiger partial charge in [0.05, 0.1) is 0 Å². The molecule has 4 atom stereocenters. The van der Waals surface area contributed by atoms with Gasteiger partial charge in [0.15, 0.2) is 5.54 Å². The van der Waals surface area contributed by atoms with E-state index in [-0.39, 0.29) is 6.42 Å². The molecule has 0 aromatic rings. The molecule has 2 bridgehead atoms. The highest BCUT2D eigenvalue weighted by atomic mass is 19.4. The molecule has 0 aliphatic heterocycles. The molecule has 4 unspecified atom stereocenters. The molecule has 1 fully saturated rings. The van der Waals surface area contributed by atoms with Crippen molar-refractivity contribution < 1.29 is 13.2 Å². The Balaban J connectivity index is 1.81. The maximum atomic E-state index is 12.7. The van der Waals surface area contributed by atoms with E-state index in [2.05, 4.69) is 17.3 Å². The van der Waals surface area contributed by atoms with E-state index in [1.807, 2.05) is 0 Å². The minimum atomic E-state index is -4.54. The summed E-state index contributed by atoms with van der Waals surface area (Å²) in [7, 11) is 0. The third kappa shape index (κ3) is 2.45. The zero-order valence-corrected chi connectivity index (χ0v) is 10.4. The second kappa shape index (κ2) is 4.67. The van der Waals surface area contributed by atoms with Gasteiger partial charge in [0.25, 0.3) is 0 Å². The summed E-state index contributed by atoms with van der Waals surface area (Å²) in [5.74, 6) is 1.69. The van der Waals surface area contributed by atoms with E-state index in [1.165, 1.54) is 0 Å². The van der Waals surface area contributed by atoms with Gasteiger partial charge in [0.1, 0.15) is 0 Å². The SMILES string of the molecule is CC(CCCC1CC2C=CC1C2)(N=O)C(F)(F)F. The van der Waals surface area contributed by atoms with E-state index in [0.29, 0.717) is 24.2 Å². The Morgan fingerprint density at radius 1 is 1.28 bits per heavy atom. The van der Waals surface area contributed by atoms with Crippen LogP contribution in [-0.4, -0.2) is 11.7 Å². The van der Waals surface area contributed by atoms with Crippen molar-refractivity contribution in [2.24, 2.45) is 22.9 Å². The summed E-state index contributed by atoms with van der Waals surface area (Å²) in [4.78, 5) is 10.4. The van der Waals surface area contributed by atoms with Crippen molar-refractivity contribution >= 4 is 0 Å². The molecule has 0 heterocycles. The normalized spacial score (nSPS) is 33.7. The molecule has 0 aromatic heterocycles. The Labute approximate surface area is 105 Å². The number of hydrogen-bond donors (Lipinski definition) is 0. The minimum Gasteiger partial charge on any atom is -0.168 e. The minimum absolute atomic E-state index is 0.197. The van der Waals surface area contributed by atoms with Gasteiger partial charge in [-0.2, -0.15) is 13.2 Å². The highest BCUT2D eigenvalue weighted by Gasteiger charge is 2.52. The van der Waals surface area contributed by atoms with Crippen molar-refractivity contribution in [3.05, 3.63) is 17.1 Å². The number of alkyl halides is 3. The number of fused-ring (bicyclic) bond motifs is 2. The Kier molecular flexibility index (Phi) is 3.52. The van der Waals surface area contributed by atoms with Crippen LogP contribution in [0, 0.1) is 22.7 Å². The molecule has 18 heavy (non-hydrogen) atoms. The first-order chi connectivity index (χ1) is 8.36. The van der Waals surface area contributed by atoms with Gasteiger partial charge in [-0.3, -0.25) is 0 Å². The third-order valence-corrected chi connectivity index (χ3v) is 4.47. The van der Waals surface area contributed by atoms with E-state index >= 15 is 0 Å². The lowest BCUT2D eigenvalue weighted by Crippen LogP contribution is -2.40. The molecule has 0 amide bonds. The Bertz CT molecular complexity index is 353. The second-order valence-corrected chi connectivity index (χ2v) is 5.80. The summed E-state index contributed by atoms with van der Waals surface area (Å²) in [5.41, 5.74) is -2.42. The molecule has 0 aromatic carbocycles. The number of nitrogens with zero attached hydrogens (tertiary/aromatic N) is 1. The fraction of sp³-hybridized carbons (Fsp3) is 0.846. The van der Waals surface area contributed by atoms with Gasteiger partial charge in [0.2, 0.25) is 0 Å². The number of nitroso groups, excluding NO2 is 1. The van der Waals surface area contributed by atoms with E-state index in [1.54, 1.807) is 0 Å². The Morgan fingerprint density at radius 3 is 2.44 bits per heavy atom. The number of halogens is 3. The molecule has 2 aliphatic carbocycles. The lowest BCUT2D eigenvalue weighted by atomic mass is 9.86. The van der Waals surface area contributed by atoms with Crippen LogP contribution in [0.4, 0.5) is 13.2 Å². The molecule has 0 saturated heterocycles. The molecule has 0 N–H and O–H groups in total. The average Bonchev–Trinajstić information content (AvgIpc) is 2.89. The lowest BCUT2D eigenvalue weighted by molar-refractivity contribution is -0.182. The zero-order chi connectivity index (χ0) is 13.4. The Morgan fingerprint density at radius 2 is 2.00 bits per heavy atom. The monoisotopic (exact) mass is 261 g/mol. The maximum absolute atomic E-state index is 12.7. The predicted molar refractivity (Wildman–Crippen MR) is 63.0 cm³/mol. The van der Waals surface area contributed by atoms with E-state index in [9.17, 15) is 18.1 Å². The van der Waals surface area contributed by atoms with Crippen LogP contribution in [0.2, 0.25) is 0 Å². The second-order valence-electron chi connectivity index (χ2n) is 5.80. The van der Waals surface area contributed by atoms with Crippen molar-refractivity contribution in [2.45, 2.75) is 50.7 Å². The summed E-state index contributed by atoms with van der Waals surface area (Å²) in [5, 5.41) is 2.31. The summed E-state index contributed by atoms with van der Waals surface area (Å²) in [6.45, 7) is 0.890. The molecule has 2 rings (SSSR count). The van der Waals surface area contributed by atoms with Crippen LogP contribution in [0.15, 0.2) is 17.3 Å². The highest BCUT2D eigenvalue weighted by Crippen LogP contribution is 2.46. The molecular weight excluding hydrogens is 243 g/mol. The first kappa shape index (κ1) is 13.6. The molecule has 5 heteroatoms. The molecular formula is C13H18F3NO. The quantitative estimate of drug-likeness (QED) is 0.531. The van der Waals surface area contributed by atoms with Crippen molar-refractivity contribution in [3.8, 4) is 0 Å². The lowest BCUT2D eigenvalue weighted by Gasteiger charge is -2.25. The summed E-state index contributed by atoms with van der Waals surface area (Å²) in [6.07, 6.45) is 3.12. The summed E-state index contributed by atoms with van der Waals surface area (Å²) < 4.78 is 38.0. The van der Waals surface area contributed by atoms with Gasteiger partial charge in [-0.15, -0.1) is 4.91 Å². The van der Waals surface area contributed by atoms with Gasteiger partial charge in [-0.05, 0) is 50.4 Å². The fourth-order valence-corrected chi connectivity index (χ4v) is 3.17. The van der Waals surface area contributed by atoms with E-state index < -0.39 is 11.7 Å². The smallest absolute Gasteiger partial charge is 0.168 e. The van der Waals surface area contributed by atoms with E-state index in [4.69, 9.17) is 0 Å². The molecule has 1 saturated carbocycles. The molecule has 2 nitrogen and oxygen atoms in total. The van der Waals surface area contributed by atoms with Crippen molar-refractivity contribution in [3.63, 3.8) is 0 Å². The first-order valence-electron chi connectivity index (χ1n) is 6.45. The van der Waals surface area contributed by atoms with Crippen LogP contribution in [0.25, 0.3) is 0 Å². The van der Waals surface area contributed by atoms with Gasteiger partial charge >= 0.3 is 6.18 Å². The fourth-order valence-electron chi connectivity index (χ4n) is 3.17.